The number of carbonyl (C=O) groups is 1. The number of nitrogens with two attached hydrogens (primary N) is 1. The molecule has 0 atom stereocenters. The van der Waals surface area contributed by atoms with Gasteiger partial charge in [0.2, 0.25) is 0 Å². The second kappa shape index (κ2) is 8.96. The number of fused-ring (bicyclic) bond motifs is 1. The van der Waals surface area contributed by atoms with Crippen LogP contribution in [0, 0.1) is 11.6 Å². The number of ether oxygens (including phenoxy) is 1. The first kappa shape index (κ1) is 21.8. The molecule has 3 aromatic rings. The fourth-order valence-electron chi connectivity index (χ4n) is 3.89. The molecule has 4 rings (SSSR count). The monoisotopic (exact) mass is 441 g/mol. The van der Waals surface area contributed by atoms with Crippen LogP contribution in [0.5, 0.6) is 5.75 Å². The fourth-order valence-corrected chi connectivity index (χ4v) is 3.89. The molecule has 3 N–H and O–H groups in total. The molecule has 1 aromatic heterocycles. The number of amides is 1. The van der Waals surface area contributed by atoms with Crippen molar-refractivity contribution in [3.8, 4) is 5.75 Å². The minimum atomic E-state index is -0.782. The summed E-state index contributed by atoms with van der Waals surface area (Å²) in [6.45, 7) is 5.72. The molecule has 9 heteroatoms. The van der Waals surface area contributed by atoms with E-state index in [1.54, 1.807) is 6.07 Å². The second-order valence-electron chi connectivity index (χ2n) is 7.69. The molecule has 0 radical (unpaired) electrons. The number of likely N-dealkylation sites (N-methyl/N-ethyl adjacent to an activating group) is 1. The molecule has 0 saturated carbocycles. The van der Waals surface area contributed by atoms with Crippen molar-refractivity contribution < 1.29 is 18.3 Å². The first-order chi connectivity index (χ1) is 15.4. The molecule has 32 heavy (non-hydrogen) atoms. The summed E-state index contributed by atoms with van der Waals surface area (Å²) in [5.41, 5.74) is 7.45. The number of hydrogen-bond acceptors (Lipinski definition) is 6. The van der Waals surface area contributed by atoms with E-state index in [2.05, 4.69) is 27.1 Å². The van der Waals surface area contributed by atoms with Crippen LogP contribution in [0.2, 0.25) is 0 Å². The highest BCUT2D eigenvalue weighted by molar-refractivity contribution is 6.10. The largest absolute Gasteiger partial charge is 0.492 e. The van der Waals surface area contributed by atoms with Crippen molar-refractivity contribution in [2.75, 3.05) is 50.1 Å². The zero-order chi connectivity index (χ0) is 22.8. The van der Waals surface area contributed by atoms with Gasteiger partial charge in [0.1, 0.15) is 23.1 Å². The van der Waals surface area contributed by atoms with Crippen LogP contribution in [0.1, 0.15) is 17.3 Å². The smallest absolute Gasteiger partial charge is 0.252 e. The maximum Gasteiger partial charge on any atom is 0.252 e. The first-order valence-corrected chi connectivity index (χ1v) is 10.4. The van der Waals surface area contributed by atoms with Gasteiger partial charge < -0.3 is 25.6 Å². The Labute approximate surface area is 184 Å². The number of nitrogens with one attached hydrogen (secondary N) is 1. The quantitative estimate of drug-likeness (QED) is 0.609. The Hall–Kier alpha value is -3.46. The summed E-state index contributed by atoms with van der Waals surface area (Å²) in [5.74, 6) is -1.50. The van der Waals surface area contributed by atoms with Crippen molar-refractivity contribution in [3.05, 3.63) is 53.7 Å². The van der Waals surface area contributed by atoms with Crippen LogP contribution in [-0.2, 0) is 0 Å². The van der Waals surface area contributed by atoms with Gasteiger partial charge in [-0.25, -0.2) is 8.78 Å². The highest BCUT2D eigenvalue weighted by Crippen LogP contribution is 2.40. The molecule has 0 spiro atoms. The summed E-state index contributed by atoms with van der Waals surface area (Å²) in [6, 6.07) is 6.78. The predicted octanol–water partition coefficient (Wildman–Crippen LogP) is 3.51. The number of benzene rings is 2. The Balaban J connectivity index is 1.90. The predicted molar refractivity (Wildman–Crippen MR) is 121 cm³/mol. The maximum atomic E-state index is 14.4. The van der Waals surface area contributed by atoms with E-state index in [1.807, 2.05) is 13.0 Å². The Morgan fingerprint density at radius 3 is 2.59 bits per heavy atom. The number of carbonyl (C=O) groups excluding carboxylic acids is 1. The van der Waals surface area contributed by atoms with E-state index in [1.165, 1.54) is 12.3 Å². The Bertz CT molecular complexity index is 1160. The number of nitrogens with zero attached hydrogens (tertiary/aromatic N) is 3. The normalized spacial score (nSPS) is 14.6. The minimum Gasteiger partial charge on any atom is -0.492 e. The van der Waals surface area contributed by atoms with E-state index in [4.69, 9.17) is 10.5 Å². The average Bonchev–Trinajstić information content (AvgIpc) is 2.76. The molecule has 1 fully saturated rings. The number of primary amides is 1. The third-order valence-electron chi connectivity index (χ3n) is 5.55. The molecule has 1 aliphatic rings. The van der Waals surface area contributed by atoms with E-state index in [0.29, 0.717) is 28.9 Å². The lowest BCUT2D eigenvalue weighted by Crippen LogP contribution is -2.44. The van der Waals surface area contributed by atoms with Crippen LogP contribution < -0.4 is 20.7 Å². The van der Waals surface area contributed by atoms with Crippen molar-refractivity contribution in [2.24, 2.45) is 5.73 Å². The van der Waals surface area contributed by atoms with Crippen molar-refractivity contribution in [1.29, 1.82) is 0 Å². The Morgan fingerprint density at radius 2 is 1.94 bits per heavy atom. The van der Waals surface area contributed by atoms with Gasteiger partial charge in [0.25, 0.3) is 5.91 Å². The molecule has 1 amide bonds. The zero-order valence-electron chi connectivity index (χ0n) is 18.0. The number of aromatic nitrogens is 1. The van der Waals surface area contributed by atoms with Gasteiger partial charge in [0.15, 0.2) is 0 Å². The number of halogens is 2. The Morgan fingerprint density at radius 1 is 1.19 bits per heavy atom. The first-order valence-electron chi connectivity index (χ1n) is 10.4. The van der Waals surface area contributed by atoms with Crippen LogP contribution in [0.15, 0.2) is 36.5 Å². The van der Waals surface area contributed by atoms with Gasteiger partial charge >= 0.3 is 0 Å². The van der Waals surface area contributed by atoms with Crippen LogP contribution in [0.25, 0.3) is 10.9 Å². The van der Waals surface area contributed by atoms with E-state index in [0.717, 1.165) is 44.0 Å². The van der Waals surface area contributed by atoms with Gasteiger partial charge in [-0.1, -0.05) is 0 Å². The average molecular weight is 441 g/mol. The summed E-state index contributed by atoms with van der Waals surface area (Å²) in [7, 11) is 2.07. The molecule has 2 heterocycles. The molecule has 7 nitrogen and oxygen atoms in total. The van der Waals surface area contributed by atoms with Crippen LogP contribution >= 0.6 is 0 Å². The van der Waals surface area contributed by atoms with Gasteiger partial charge in [-0.2, -0.15) is 0 Å². The molecular formula is C23H25F2N5O2. The second-order valence-corrected chi connectivity index (χ2v) is 7.69. The molecule has 1 aliphatic heterocycles. The standard InChI is InChI=1S/C23H25F2N5O2/c1-3-32-19-7-5-15-20(28-18-6-4-14(24)12-17(18)25)16(23(26)31)13-27-21(15)22(19)30-10-8-29(2)9-11-30/h4-7,12-13H,3,8-11H2,1-2H3,(H2,26,31)(H,27,28). The van der Waals surface area contributed by atoms with Crippen LogP contribution in [0.3, 0.4) is 0 Å². The summed E-state index contributed by atoms with van der Waals surface area (Å²) >= 11 is 0. The number of hydrogen-bond donors (Lipinski definition) is 2. The lowest BCUT2D eigenvalue weighted by molar-refractivity contribution is 0.100. The van der Waals surface area contributed by atoms with Crippen LogP contribution in [-0.4, -0.2) is 55.6 Å². The fraction of sp³-hybridized carbons (Fsp3) is 0.304. The van der Waals surface area contributed by atoms with Gasteiger partial charge in [-0.3, -0.25) is 9.78 Å². The SMILES string of the molecule is CCOc1ccc2c(Nc3ccc(F)cc3F)c(C(N)=O)cnc2c1N1CCN(C)CC1. The van der Waals surface area contributed by atoms with Gasteiger partial charge in [0.05, 0.1) is 29.1 Å². The van der Waals surface area contributed by atoms with E-state index >= 15 is 0 Å². The van der Waals surface area contributed by atoms with Crippen molar-refractivity contribution >= 4 is 33.9 Å². The Kier molecular flexibility index (Phi) is 6.09. The van der Waals surface area contributed by atoms with E-state index < -0.39 is 17.5 Å². The number of rotatable bonds is 6. The molecule has 1 saturated heterocycles. The zero-order valence-corrected chi connectivity index (χ0v) is 18.0. The number of anilines is 3. The summed E-state index contributed by atoms with van der Waals surface area (Å²) in [5, 5.41) is 3.52. The van der Waals surface area contributed by atoms with E-state index in [-0.39, 0.29) is 11.3 Å². The molecular weight excluding hydrogens is 416 g/mol. The summed E-state index contributed by atoms with van der Waals surface area (Å²) in [4.78, 5) is 21.1. The maximum absolute atomic E-state index is 14.4. The van der Waals surface area contributed by atoms with Gasteiger partial charge in [-0.05, 0) is 38.2 Å². The lowest BCUT2D eigenvalue weighted by Gasteiger charge is -2.35. The molecule has 0 aliphatic carbocycles. The number of piperazine rings is 1. The third kappa shape index (κ3) is 4.16. The van der Waals surface area contributed by atoms with Crippen molar-refractivity contribution in [1.82, 2.24) is 9.88 Å². The summed E-state index contributed by atoms with van der Waals surface area (Å²) < 4.78 is 33.6. The summed E-state index contributed by atoms with van der Waals surface area (Å²) in [6.07, 6.45) is 1.38. The highest BCUT2D eigenvalue weighted by atomic mass is 19.1. The topological polar surface area (TPSA) is 83.7 Å². The number of pyridine rings is 1. The molecule has 0 unspecified atom stereocenters. The lowest BCUT2D eigenvalue weighted by atomic mass is 10.1. The van der Waals surface area contributed by atoms with Crippen LogP contribution in [0.4, 0.5) is 25.8 Å². The molecule has 168 valence electrons. The molecule has 0 bridgehead atoms. The molecule has 2 aromatic carbocycles. The van der Waals surface area contributed by atoms with Gasteiger partial charge in [-0.15, -0.1) is 0 Å². The van der Waals surface area contributed by atoms with Crippen molar-refractivity contribution in [3.63, 3.8) is 0 Å². The minimum absolute atomic E-state index is 0.0245. The van der Waals surface area contributed by atoms with Crippen molar-refractivity contribution in [2.45, 2.75) is 6.92 Å². The third-order valence-corrected chi connectivity index (χ3v) is 5.55. The van der Waals surface area contributed by atoms with E-state index in [9.17, 15) is 13.6 Å². The highest BCUT2D eigenvalue weighted by Gasteiger charge is 2.24. The van der Waals surface area contributed by atoms with Gasteiger partial charge in [0, 0.05) is 43.8 Å².